The SMILES string of the molecule is Cc1ccnc(NCOC(=O)c2ccccc2)c1.[K]. The molecule has 0 unspecified atom stereocenters. The van der Waals surface area contributed by atoms with Gasteiger partial charge in [-0.05, 0) is 36.8 Å². The van der Waals surface area contributed by atoms with Crippen LogP contribution in [0.15, 0.2) is 48.7 Å². The van der Waals surface area contributed by atoms with Crippen LogP contribution in [0.3, 0.4) is 0 Å². The average molecular weight is 281 g/mol. The van der Waals surface area contributed by atoms with E-state index in [1.165, 1.54) is 0 Å². The Balaban J connectivity index is 0.00000180. The summed E-state index contributed by atoms with van der Waals surface area (Å²) in [4.78, 5) is 15.7. The Morgan fingerprint density at radius 1 is 1.26 bits per heavy atom. The summed E-state index contributed by atoms with van der Waals surface area (Å²) in [7, 11) is 0. The van der Waals surface area contributed by atoms with Gasteiger partial charge in [-0.2, -0.15) is 0 Å². The van der Waals surface area contributed by atoms with Gasteiger partial charge in [-0.15, -0.1) is 0 Å². The summed E-state index contributed by atoms with van der Waals surface area (Å²) in [5.41, 5.74) is 1.64. The minimum absolute atomic E-state index is 0. The summed E-state index contributed by atoms with van der Waals surface area (Å²) in [6.45, 7) is 2.08. The zero-order chi connectivity index (χ0) is 12.8. The van der Waals surface area contributed by atoms with E-state index in [1.54, 1.807) is 30.5 Å². The van der Waals surface area contributed by atoms with Crippen LogP contribution < -0.4 is 5.32 Å². The van der Waals surface area contributed by atoms with Gasteiger partial charge in [0.2, 0.25) is 0 Å². The first kappa shape index (κ1) is 16.3. The molecule has 0 fully saturated rings. The number of ether oxygens (including phenoxy) is 1. The first-order valence-corrected chi connectivity index (χ1v) is 5.64. The number of benzene rings is 1. The zero-order valence-corrected chi connectivity index (χ0v) is 14.2. The molecule has 93 valence electrons. The number of hydrogen-bond acceptors (Lipinski definition) is 4. The quantitative estimate of drug-likeness (QED) is 0.530. The molecule has 4 nitrogen and oxygen atoms in total. The zero-order valence-electron chi connectivity index (χ0n) is 11.1. The minimum atomic E-state index is -0.351. The number of carbonyl (C=O) groups is 1. The van der Waals surface area contributed by atoms with E-state index < -0.39 is 0 Å². The molecule has 0 bridgehead atoms. The third-order valence-electron chi connectivity index (χ3n) is 2.38. The topological polar surface area (TPSA) is 51.2 Å². The van der Waals surface area contributed by atoms with Gasteiger partial charge in [0, 0.05) is 57.6 Å². The Hall–Kier alpha value is -0.724. The Morgan fingerprint density at radius 3 is 2.68 bits per heavy atom. The van der Waals surface area contributed by atoms with E-state index in [1.807, 2.05) is 25.1 Å². The summed E-state index contributed by atoms with van der Waals surface area (Å²) < 4.78 is 5.08. The largest absolute Gasteiger partial charge is 0.441 e. The normalized spacial score (nSPS) is 9.32. The van der Waals surface area contributed by atoms with Crippen LogP contribution >= 0.6 is 0 Å². The fourth-order valence-electron chi connectivity index (χ4n) is 1.47. The van der Waals surface area contributed by atoms with Crippen molar-refractivity contribution in [3.63, 3.8) is 0 Å². The number of hydrogen-bond donors (Lipinski definition) is 1. The van der Waals surface area contributed by atoms with E-state index >= 15 is 0 Å². The van der Waals surface area contributed by atoms with Crippen LogP contribution in [-0.2, 0) is 4.74 Å². The fraction of sp³-hybridized carbons (Fsp3) is 0.143. The van der Waals surface area contributed by atoms with Crippen LogP contribution in [0.25, 0.3) is 0 Å². The number of rotatable bonds is 4. The summed E-state index contributed by atoms with van der Waals surface area (Å²) in [6.07, 6.45) is 1.71. The molecule has 1 N–H and O–H groups in total. The molecule has 0 amide bonds. The number of nitrogens with zero attached hydrogens (tertiary/aromatic N) is 1. The van der Waals surface area contributed by atoms with Gasteiger partial charge in [0.25, 0.3) is 0 Å². The van der Waals surface area contributed by atoms with Gasteiger partial charge >= 0.3 is 5.97 Å². The van der Waals surface area contributed by atoms with Gasteiger partial charge in [-0.3, -0.25) is 0 Å². The Labute approximate surface area is 155 Å². The Kier molecular flexibility index (Phi) is 7.26. The van der Waals surface area contributed by atoms with E-state index in [2.05, 4.69) is 10.3 Å². The van der Waals surface area contributed by atoms with Crippen molar-refractivity contribution in [2.45, 2.75) is 6.92 Å². The molecule has 2 rings (SSSR count). The number of aryl methyl sites for hydroxylation is 1. The molecule has 1 aromatic carbocycles. The van der Waals surface area contributed by atoms with Gasteiger partial charge in [-0.25, -0.2) is 9.78 Å². The Morgan fingerprint density at radius 2 is 2.00 bits per heavy atom. The third-order valence-corrected chi connectivity index (χ3v) is 2.38. The number of aromatic nitrogens is 1. The summed E-state index contributed by atoms with van der Waals surface area (Å²) in [6, 6.07) is 12.7. The maximum Gasteiger partial charge on any atom is 0.339 e. The van der Waals surface area contributed by atoms with Crippen LogP contribution in [0.5, 0.6) is 0 Å². The van der Waals surface area contributed by atoms with Crippen molar-refractivity contribution in [2.24, 2.45) is 0 Å². The van der Waals surface area contributed by atoms with Crippen LogP contribution in [0.1, 0.15) is 15.9 Å². The van der Waals surface area contributed by atoms with Crippen molar-refractivity contribution in [1.29, 1.82) is 0 Å². The van der Waals surface area contributed by atoms with Crippen LogP contribution in [0, 0.1) is 6.92 Å². The van der Waals surface area contributed by atoms with Crippen molar-refractivity contribution in [1.82, 2.24) is 4.98 Å². The van der Waals surface area contributed by atoms with Crippen molar-refractivity contribution in [2.75, 3.05) is 12.0 Å². The monoisotopic (exact) mass is 281 g/mol. The number of nitrogens with one attached hydrogen (secondary N) is 1. The summed E-state index contributed by atoms with van der Waals surface area (Å²) in [5.74, 6) is 0.339. The molecule has 0 saturated heterocycles. The van der Waals surface area contributed by atoms with E-state index in [0.717, 1.165) is 5.56 Å². The molecule has 1 heterocycles. The molecule has 2 aromatic rings. The van der Waals surface area contributed by atoms with Gasteiger partial charge in [0.05, 0.1) is 5.56 Å². The Bertz CT molecular complexity index is 532. The van der Waals surface area contributed by atoms with Crippen molar-refractivity contribution in [3.8, 4) is 0 Å². The van der Waals surface area contributed by atoms with Crippen molar-refractivity contribution < 1.29 is 9.53 Å². The van der Waals surface area contributed by atoms with Crippen molar-refractivity contribution in [3.05, 3.63) is 59.8 Å². The molecule has 5 heteroatoms. The molecular weight excluding hydrogens is 267 g/mol. The van der Waals surface area contributed by atoms with Crippen LogP contribution in [0.2, 0.25) is 0 Å². The number of pyridine rings is 1. The first-order valence-electron chi connectivity index (χ1n) is 5.64. The number of esters is 1. The summed E-state index contributed by atoms with van der Waals surface area (Å²) in [5, 5.41) is 2.93. The maximum absolute atomic E-state index is 11.6. The van der Waals surface area contributed by atoms with Crippen molar-refractivity contribution >= 4 is 63.2 Å². The van der Waals surface area contributed by atoms with E-state index in [-0.39, 0.29) is 64.1 Å². The maximum atomic E-state index is 11.6. The second-order valence-electron chi connectivity index (χ2n) is 3.84. The van der Waals surface area contributed by atoms with Gasteiger partial charge < -0.3 is 10.1 Å². The van der Waals surface area contributed by atoms with Crippen LogP contribution in [-0.4, -0.2) is 69.1 Å². The molecular formula is C14H14KN2O2. The predicted octanol–water partition coefficient (Wildman–Crippen LogP) is 2.24. The fourth-order valence-corrected chi connectivity index (χ4v) is 1.47. The minimum Gasteiger partial charge on any atom is -0.441 e. The first-order chi connectivity index (χ1) is 8.75. The second-order valence-corrected chi connectivity index (χ2v) is 3.84. The van der Waals surface area contributed by atoms with Gasteiger partial charge in [-0.1, -0.05) is 18.2 Å². The van der Waals surface area contributed by atoms with Gasteiger partial charge in [0.1, 0.15) is 5.82 Å². The molecule has 0 aliphatic heterocycles. The predicted molar refractivity (Wildman–Crippen MR) is 75.1 cm³/mol. The second kappa shape index (κ2) is 8.45. The molecule has 1 aromatic heterocycles. The third kappa shape index (κ3) is 5.42. The summed E-state index contributed by atoms with van der Waals surface area (Å²) >= 11 is 0. The van der Waals surface area contributed by atoms with E-state index in [4.69, 9.17) is 4.74 Å². The van der Waals surface area contributed by atoms with Gasteiger partial charge in [0.15, 0.2) is 6.73 Å². The molecule has 0 atom stereocenters. The number of carbonyl (C=O) groups excluding carboxylic acids is 1. The van der Waals surface area contributed by atoms with E-state index in [9.17, 15) is 4.79 Å². The molecule has 0 aliphatic rings. The van der Waals surface area contributed by atoms with Crippen LogP contribution in [0.4, 0.5) is 5.82 Å². The smallest absolute Gasteiger partial charge is 0.339 e. The average Bonchev–Trinajstić information content (AvgIpc) is 2.40. The van der Waals surface area contributed by atoms with E-state index in [0.29, 0.717) is 11.4 Å². The number of anilines is 1. The molecule has 19 heavy (non-hydrogen) atoms. The molecule has 0 spiro atoms. The molecule has 1 radical (unpaired) electrons. The molecule has 0 aliphatic carbocycles. The standard InChI is InChI=1S/C14H14N2O2.K/c1-11-7-8-15-13(9-11)16-10-18-14(17)12-5-3-2-4-6-12;/h2-9H,10H2,1H3,(H,15,16);. The molecule has 0 saturated carbocycles.